The molecule has 0 amide bonds. The molecule has 7 heteroatoms. The average molecular weight is 351 g/mol. The molecule has 2 rings (SSSR count). The van der Waals surface area contributed by atoms with Crippen molar-refractivity contribution in [2.24, 2.45) is 10.9 Å². The zero-order valence-electron chi connectivity index (χ0n) is 16.1. The van der Waals surface area contributed by atoms with E-state index >= 15 is 0 Å². The zero-order chi connectivity index (χ0) is 18.1. The van der Waals surface area contributed by atoms with Crippen molar-refractivity contribution in [3.05, 3.63) is 11.7 Å². The molecule has 0 saturated carbocycles. The molecular formula is C18H33N5O2. The van der Waals surface area contributed by atoms with Crippen molar-refractivity contribution in [3.8, 4) is 0 Å². The number of nitrogens with zero attached hydrogens (tertiary/aromatic N) is 4. The van der Waals surface area contributed by atoms with E-state index in [1.165, 1.54) is 19.3 Å². The first-order valence-corrected chi connectivity index (χ1v) is 9.49. The molecule has 0 atom stereocenters. The van der Waals surface area contributed by atoms with Gasteiger partial charge in [0.15, 0.2) is 11.8 Å². The number of aromatic nitrogens is 2. The maximum absolute atomic E-state index is 5.43. The summed E-state index contributed by atoms with van der Waals surface area (Å²) in [4.78, 5) is 11.3. The highest BCUT2D eigenvalue weighted by molar-refractivity contribution is 5.79. The first kappa shape index (κ1) is 19.7. The van der Waals surface area contributed by atoms with Gasteiger partial charge in [0, 0.05) is 45.7 Å². The van der Waals surface area contributed by atoms with Crippen molar-refractivity contribution >= 4 is 5.96 Å². The fourth-order valence-corrected chi connectivity index (χ4v) is 2.85. The molecule has 0 unspecified atom stereocenters. The van der Waals surface area contributed by atoms with Gasteiger partial charge in [-0.1, -0.05) is 19.0 Å². The molecule has 1 N–H and O–H groups in total. The van der Waals surface area contributed by atoms with Gasteiger partial charge in [0.2, 0.25) is 5.89 Å². The summed E-state index contributed by atoms with van der Waals surface area (Å²) < 4.78 is 10.7. The highest BCUT2D eigenvalue weighted by Crippen LogP contribution is 2.18. The van der Waals surface area contributed by atoms with E-state index in [2.05, 4.69) is 48.2 Å². The van der Waals surface area contributed by atoms with Crippen LogP contribution >= 0.6 is 0 Å². The smallest absolute Gasteiger partial charge is 0.228 e. The lowest BCUT2D eigenvalue weighted by atomic mass is 9.96. The van der Waals surface area contributed by atoms with E-state index in [0.717, 1.165) is 44.0 Å². The largest absolute Gasteiger partial charge is 0.381 e. The topological polar surface area (TPSA) is 75.8 Å². The molecule has 7 nitrogen and oxygen atoms in total. The van der Waals surface area contributed by atoms with Crippen LogP contribution in [0.2, 0.25) is 0 Å². The molecule has 0 bridgehead atoms. The predicted octanol–water partition coefficient (Wildman–Crippen LogP) is 2.45. The lowest BCUT2D eigenvalue weighted by molar-refractivity contribution is 0.0625. The second-order valence-corrected chi connectivity index (χ2v) is 6.95. The third kappa shape index (κ3) is 6.65. The van der Waals surface area contributed by atoms with E-state index in [1.54, 1.807) is 0 Å². The summed E-state index contributed by atoms with van der Waals surface area (Å²) in [6.45, 7) is 10.5. The Kier molecular flexibility index (Phi) is 8.18. The Balaban J connectivity index is 1.81. The van der Waals surface area contributed by atoms with Crippen molar-refractivity contribution in [2.75, 3.05) is 39.9 Å². The normalized spacial score (nSPS) is 16.4. The minimum atomic E-state index is 0.287. The molecule has 0 aromatic carbocycles. The van der Waals surface area contributed by atoms with Crippen molar-refractivity contribution in [1.29, 1.82) is 0 Å². The lowest BCUT2D eigenvalue weighted by Gasteiger charge is -2.26. The molecule has 0 spiro atoms. The summed E-state index contributed by atoms with van der Waals surface area (Å²) in [5.41, 5.74) is 0. The van der Waals surface area contributed by atoms with Crippen LogP contribution < -0.4 is 5.32 Å². The highest BCUT2D eigenvalue weighted by Gasteiger charge is 2.15. The third-order valence-electron chi connectivity index (χ3n) is 4.50. The van der Waals surface area contributed by atoms with Crippen LogP contribution in [0.4, 0.5) is 0 Å². The molecule has 0 aliphatic carbocycles. The molecule has 1 saturated heterocycles. The number of aliphatic imine (C=N–C) groups is 1. The van der Waals surface area contributed by atoms with Crippen LogP contribution in [-0.4, -0.2) is 60.9 Å². The second-order valence-electron chi connectivity index (χ2n) is 6.95. The first-order valence-electron chi connectivity index (χ1n) is 9.49. The van der Waals surface area contributed by atoms with Crippen LogP contribution in [0.3, 0.4) is 0 Å². The molecule has 142 valence electrons. The number of hydrogen-bond donors (Lipinski definition) is 1. The minimum absolute atomic E-state index is 0.287. The van der Waals surface area contributed by atoms with Gasteiger partial charge >= 0.3 is 0 Å². The number of hydrogen-bond acceptors (Lipinski definition) is 5. The zero-order valence-corrected chi connectivity index (χ0v) is 16.1. The monoisotopic (exact) mass is 351 g/mol. The lowest BCUT2D eigenvalue weighted by Crippen LogP contribution is -2.40. The Morgan fingerprint density at radius 1 is 1.36 bits per heavy atom. The van der Waals surface area contributed by atoms with E-state index in [4.69, 9.17) is 14.3 Å². The molecule has 2 heterocycles. The minimum Gasteiger partial charge on any atom is -0.381 e. The van der Waals surface area contributed by atoms with E-state index in [9.17, 15) is 0 Å². The molecule has 1 aliphatic heterocycles. The van der Waals surface area contributed by atoms with Crippen molar-refractivity contribution < 1.29 is 9.26 Å². The molecule has 25 heavy (non-hydrogen) atoms. The van der Waals surface area contributed by atoms with Crippen molar-refractivity contribution in [1.82, 2.24) is 20.4 Å². The second kappa shape index (κ2) is 10.4. The standard InChI is InChI=1S/C18H33N5O2/c1-5-19-18(23(4)11-7-15-8-12-24-13-9-15)20-10-6-16-21-17(14(2)3)22-25-16/h14-15H,5-13H2,1-4H3,(H,19,20). The van der Waals surface area contributed by atoms with Crippen molar-refractivity contribution in [3.63, 3.8) is 0 Å². The molecule has 1 aromatic heterocycles. The third-order valence-corrected chi connectivity index (χ3v) is 4.50. The van der Waals surface area contributed by atoms with E-state index in [0.29, 0.717) is 18.9 Å². The molecular weight excluding hydrogens is 318 g/mol. The Morgan fingerprint density at radius 2 is 2.12 bits per heavy atom. The van der Waals surface area contributed by atoms with Crippen LogP contribution in [0.15, 0.2) is 9.52 Å². The predicted molar refractivity (Wildman–Crippen MR) is 98.9 cm³/mol. The molecule has 1 aromatic rings. The van der Waals surface area contributed by atoms with E-state index in [1.807, 2.05) is 0 Å². The number of rotatable bonds is 8. The van der Waals surface area contributed by atoms with Gasteiger partial charge in [-0.25, -0.2) is 0 Å². The highest BCUT2D eigenvalue weighted by atomic mass is 16.5. The Hall–Kier alpha value is -1.63. The Labute approximate surface area is 151 Å². The maximum atomic E-state index is 5.43. The van der Waals surface area contributed by atoms with Gasteiger partial charge < -0.3 is 19.5 Å². The van der Waals surface area contributed by atoms with Crippen molar-refractivity contribution in [2.45, 2.75) is 52.4 Å². The number of guanidine groups is 1. The van der Waals surface area contributed by atoms with Crippen LogP contribution in [0.5, 0.6) is 0 Å². The molecule has 0 radical (unpaired) electrons. The van der Waals surface area contributed by atoms with Crippen LogP contribution in [-0.2, 0) is 11.2 Å². The number of ether oxygens (including phenoxy) is 1. The van der Waals surface area contributed by atoms with Gasteiger partial charge in [-0.05, 0) is 32.1 Å². The summed E-state index contributed by atoms with van der Waals surface area (Å²) >= 11 is 0. The Morgan fingerprint density at radius 3 is 2.76 bits per heavy atom. The average Bonchev–Trinajstić information content (AvgIpc) is 3.09. The van der Waals surface area contributed by atoms with Gasteiger partial charge in [-0.2, -0.15) is 4.98 Å². The molecule has 1 fully saturated rings. The number of nitrogens with one attached hydrogen (secondary N) is 1. The fourth-order valence-electron chi connectivity index (χ4n) is 2.85. The van der Waals surface area contributed by atoms with Gasteiger partial charge in [0.05, 0.1) is 6.54 Å². The van der Waals surface area contributed by atoms with E-state index in [-0.39, 0.29) is 5.92 Å². The van der Waals surface area contributed by atoms with Gasteiger partial charge in [-0.15, -0.1) is 0 Å². The summed E-state index contributed by atoms with van der Waals surface area (Å²) in [5, 5.41) is 7.36. The summed E-state index contributed by atoms with van der Waals surface area (Å²) in [7, 11) is 2.10. The van der Waals surface area contributed by atoms with Crippen LogP contribution in [0, 0.1) is 5.92 Å². The maximum Gasteiger partial charge on any atom is 0.228 e. The van der Waals surface area contributed by atoms with E-state index < -0.39 is 0 Å². The van der Waals surface area contributed by atoms with Crippen LogP contribution in [0.25, 0.3) is 0 Å². The molecule has 1 aliphatic rings. The summed E-state index contributed by atoms with van der Waals surface area (Å²) in [5.74, 6) is 3.42. The Bertz CT molecular complexity index is 523. The summed E-state index contributed by atoms with van der Waals surface area (Å²) in [6, 6.07) is 0. The summed E-state index contributed by atoms with van der Waals surface area (Å²) in [6.07, 6.45) is 4.21. The fraction of sp³-hybridized carbons (Fsp3) is 0.833. The quantitative estimate of drug-likeness (QED) is 0.573. The van der Waals surface area contributed by atoms with Gasteiger partial charge in [0.1, 0.15) is 0 Å². The van der Waals surface area contributed by atoms with Gasteiger partial charge in [0.25, 0.3) is 0 Å². The SMILES string of the molecule is CCNC(=NCCc1nc(C(C)C)no1)N(C)CCC1CCOCC1. The first-order chi connectivity index (χ1) is 12.1. The van der Waals surface area contributed by atoms with Crippen LogP contribution in [0.1, 0.15) is 57.7 Å². The van der Waals surface area contributed by atoms with Gasteiger partial charge in [-0.3, -0.25) is 4.99 Å².